The molecule has 0 aliphatic heterocycles. The average molecular weight is 196 g/mol. The number of hydrogen-bond acceptors (Lipinski definition) is 4. The van der Waals surface area contributed by atoms with E-state index in [1.807, 2.05) is 0 Å². The number of nitrogens with zero attached hydrogens (tertiary/aromatic N) is 2. The van der Waals surface area contributed by atoms with Gasteiger partial charge in [-0.1, -0.05) is 6.08 Å². The molecule has 0 aliphatic carbocycles. The highest BCUT2D eigenvalue weighted by Gasteiger charge is 2.11. The Morgan fingerprint density at radius 2 is 2.50 bits per heavy atom. The molecule has 0 saturated carbocycles. The maximum absolute atomic E-state index is 10.4. The zero-order chi connectivity index (χ0) is 10.6. The number of aromatic amines is 1. The van der Waals surface area contributed by atoms with Gasteiger partial charge in [-0.2, -0.15) is 0 Å². The van der Waals surface area contributed by atoms with Crippen LogP contribution >= 0.6 is 0 Å². The summed E-state index contributed by atoms with van der Waals surface area (Å²) in [4.78, 5) is 26.2. The number of nitrogens with two attached hydrogens (primary N) is 1. The summed E-state index contributed by atoms with van der Waals surface area (Å²) in [5.74, 6) is -0.704. The first kappa shape index (κ1) is 9.90. The number of imidazole rings is 1. The van der Waals surface area contributed by atoms with Crippen molar-refractivity contribution < 1.29 is 9.72 Å². The number of rotatable bonds is 4. The number of hydrogen-bond donors (Lipinski definition) is 2. The first-order chi connectivity index (χ1) is 6.61. The Hall–Kier alpha value is -2.18. The van der Waals surface area contributed by atoms with Gasteiger partial charge in [0.25, 0.3) is 0 Å². The molecule has 0 radical (unpaired) electrons. The van der Waals surface area contributed by atoms with Crippen molar-refractivity contribution in [1.29, 1.82) is 0 Å². The summed E-state index contributed by atoms with van der Waals surface area (Å²) < 4.78 is 0. The lowest BCUT2D eigenvalue weighted by atomic mass is 10.3. The Balaban J connectivity index is 2.76. The molecular weight excluding hydrogens is 188 g/mol. The van der Waals surface area contributed by atoms with E-state index in [1.165, 1.54) is 18.5 Å². The molecule has 0 saturated heterocycles. The van der Waals surface area contributed by atoms with Gasteiger partial charge >= 0.3 is 5.82 Å². The first-order valence-corrected chi connectivity index (χ1v) is 3.74. The Kier molecular flexibility index (Phi) is 2.95. The summed E-state index contributed by atoms with van der Waals surface area (Å²) in [6.07, 6.45) is 4.04. The van der Waals surface area contributed by atoms with Gasteiger partial charge in [0, 0.05) is 6.42 Å². The molecule has 1 aromatic heterocycles. The van der Waals surface area contributed by atoms with Crippen molar-refractivity contribution in [1.82, 2.24) is 9.97 Å². The minimum absolute atomic E-state index is 0.0318. The minimum atomic E-state index is -0.586. The Bertz CT molecular complexity index is 382. The molecule has 0 atom stereocenters. The minimum Gasteiger partial charge on any atom is -0.369 e. The molecule has 1 heterocycles. The summed E-state index contributed by atoms with van der Waals surface area (Å²) in [6.45, 7) is 0. The molecule has 1 rings (SSSR count). The van der Waals surface area contributed by atoms with Gasteiger partial charge in [-0.15, -0.1) is 0 Å². The second-order valence-electron chi connectivity index (χ2n) is 2.47. The second-order valence-corrected chi connectivity index (χ2v) is 2.47. The van der Waals surface area contributed by atoms with Crippen LogP contribution in [0, 0.1) is 10.1 Å². The number of nitrogens with one attached hydrogen (secondary N) is 1. The van der Waals surface area contributed by atoms with E-state index in [0.29, 0.717) is 0 Å². The van der Waals surface area contributed by atoms with E-state index in [4.69, 9.17) is 5.73 Å². The van der Waals surface area contributed by atoms with Gasteiger partial charge < -0.3 is 15.8 Å². The molecule has 0 aromatic carbocycles. The zero-order valence-electron chi connectivity index (χ0n) is 7.14. The van der Waals surface area contributed by atoms with Gasteiger partial charge in [-0.25, -0.2) is 9.97 Å². The van der Waals surface area contributed by atoms with Crippen LogP contribution in [0.5, 0.6) is 0 Å². The molecule has 0 fully saturated rings. The number of aromatic nitrogens is 2. The van der Waals surface area contributed by atoms with E-state index in [9.17, 15) is 14.9 Å². The fourth-order valence-electron chi connectivity index (χ4n) is 0.853. The third-order valence-electron chi connectivity index (χ3n) is 1.42. The van der Waals surface area contributed by atoms with Gasteiger partial charge in [0.05, 0.1) is 0 Å². The monoisotopic (exact) mass is 196 g/mol. The molecule has 0 bridgehead atoms. The third-order valence-corrected chi connectivity index (χ3v) is 1.42. The average Bonchev–Trinajstić information content (AvgIpc) is 2.51. The molecule has 7 heteroatoms. The Labute approximate surface area is 78.8 Å². The van der Waals surface area contributed by atoms with E-state index < -0.39 is 10.8 Å². The van der Waals surface area contributed by atoms with Crippen LogP contribution in [0.4, 0.5) is 5.82 Å². The molecule has 74 valence electrons. The number of primary amides is 1. The topological polar surface area (TPSA) is 115 Å². The van der Waals surface area contributed by atoms with Gasteiger partial charge in [0.1, 0.15) is 0 Å². The van der Waals surface area contributed by atoms with E-state index in [0.717, 1.165) is 0 Å². The zero-order valence-corrected chi connectivity index (χ0v) is 7.14. The maximum atomic E-state index is 10.4. The van der Waals surface area contributed by atoms with Crippen LogP contribution in [-0.2, 0) is 4.79 Å². The van der Waals surface area contributed by atoms with Crippen LogP contribution < -0.4 is 5.73 Å². The summed E-state index contributed by atoms with van der Waals surface area (Å²) in [6, 6.07) is 0. The molecule has 0 unspecified atom stereocenters. The van der Waals surface area contributed by atoms with Crippen molar-refractivity contribution in [3.8, 4) is 0 Å². The molecular formula is C7H8N4O3. The van der Waals surface area contributed by atoms with Gasteiger partial charge in [-0.05, 0) is 11.0 Å². The van der Waals surface area contributed by atoms with Gasteiger partial charge in [0.2, 0.25) is 5.91 Å². The lowest BCUT2D eigenvalue weighted by molar-refractivity contribution is -0.389. The first-order valence-electron chi connectivity index (χ1n) is 3.74. The Morgan fingerprint density at radius 1 is 1.79 bits per heavy atom. The highest BCUT2D eigenvalue weighted by Crippen LogP contribution is 2.13. The highest BCUT2D eigenvalue weighted by atomic mass is 16.6. The van der Waals surface area contributed by atoms with Crippen LogP contribution in [-0.4, -0.2) is 20.8 Å². The van der Waals surface area contributed by atoms with Crippen LogP contribution in [0.3, 0.4) is 0 Å². The van der Waals surface area contributed by atoms with E-state index in [1.54, 1.807) is 0 Å². The lowest BCUT2D eigenvalue weighted by Crippen LogP contribution is -2.07. The predicted octanol–water partition coefficient (Wildman–Crippen LogP) is 0.206. The molecule has 0 spiro atoms. The van der Waals surface area contributed by atoms with E-state index >= 15 is 0 Å². The summed E-state index contributed by atoms with van der Waals surface area (Å²) in [7, 11) is 0. The lowest BCUT2D eigenvalue weighted by Gasteiger charge is -1.90. The fraction of sp³-hybridized carbons (Fsp3) is 0.143. The van der Waals surface area contributed by atoms with Crippen molar-refractivity contribution in [2.45, 2.75) is 6.42 Å². The van der Waals surface area contributed by atoms with Crippen molar-refractivity contribution in [3.63, 3.8) is 0 Å². The smallest absolute Gasteiger partial charge is 0.347 e. The quantitative estimate of drug-likeness (QED) is 0.528. The molecule has 7 nitrogen and oxygen atoms in total. The van der Waals surface area contributed by atoms with Crippen molar-refractivity contribution in [3.05, 3.63) is 28.2 Å². The second kappa shape index (κ2) is 4.17. The molecule has 1 amide bonds. The van der Waals surface area contributed by atoms with Crippen molar-refractivity contribution in [2.24, 2.45) is 5.73 Å². The Morgan fingerprint density at radius 3 is 3.07 bits per heavy atom. The molecule has 3 N–H and O–H groups in total. The van der Waals surface area contributed by atoms with Crippen molar-refractivity contribution in [2.75, 3.05) is 0 Å². The van der Waals surface area contributed by atoms with Crippen LogP contribution in [0.15, 0.2) is 12.4 Å². The van der Waals surface area contributed by atoms with Gasteiger partial charge in [-0.3, -0.25) is 4.79 Å². The number of nitro groups is 1. The van der Waals surface area contributed by atoms with Crippen molar-refractivity contribution >= 4 is 17.8 Å². The third kappa shape index (κ3) is 2.41. The summed E-state index contributed by atoms with van der Waals surface area (Å²) >= 11 is 0. The standard InChI is InChI=1S/C7H8N4O3/c8-6(12)3-1-2-5-7(11(13)14)10-4-9-5/h1-2,4H,3H2,(H2,8,12)(H,9,10). The van der Waals surface area contributed by atoms with Crippen LogP contribution in [0.1, 0.15) is 12.1 Å². The summed E-state index contributed by atoms with van der Waals surface area (Å²) in [5, 5.41) is 10.4. The largest absolute Gasteiger partial charge is 0.369 e. The normalized spacial score (nSPS) is 10.6. The number of carbonyl (C=O) groups excluding carboxylic acids is 1. The van der Waals surface area contributed by atoms with Crippen LogP contribution in [0.2, 0.25) is 0 Å². The highest BCUT2D eigenvalue weighted by molar-refractivity contribution is 5.76. The van der Waals surface area contributed by atoms with Gasteiger partial charge in [0.15, 0.2) is 12.0 Å². The van der Waals surface area contributed by atoms with E-state index in [2.05, 4.69) is 9.97 Å². The molecule has 14 heavy (non-hydrogen) atoms. The van der Waals surface area contributed by atoms with Crippen LogP contribution in [0.25, 0.3) is 6.08 Å². The van der Waals surface area contributed by atoms with E-state index in [-0.39, 0.29) is 17.9 Å². The SMILES string of the molecule is NC(=O)CC=Cc1nc[nH]c1[N+](=O)[O-]. The number of amides is 1. The predicted molar refractivity (Wildman–Crippen MR) is 48.1 cm³/mol. The maximum Gasteiger partial charge on any atom is 0.347 e. The number of H-pyrrole nitrogens is 1. The molecule has 0 aliphatic rings. The molecule has 1 aromatic rings. The summed E-state index contributed by atoms with van der Waals surface area (Å²) in [5.41, 5.74) is 5.05. The fourth-order valence-corrected chi connectivity index (χ4v) is 0.853. The number of carbonyl (C=O) groups is 1.